The van der Waals surface area contributed by atoms with Gasteiger partial charge in [0.2, 0.25) is 5.91 Å². The molecule has 92 valence electrons. The van der Waals surface area contributed by atoms with Crippen LogP contribution in [-0.4, -0.2) is 29.9 Å². The quantitative estimate of drug-likeness (QED) is 0.793. The lowest BCUT2D eigenvalue weighted by molar-refractivity contribution is -0.137. The zero-order valence-electron chi connectivity index (χ0n) is 10.2. The number of rotatable bonds is 4. The minimum absolute atomic E-state index is 0.312. The maximum Gasteiger partial charge on any atom is 0.225 e. The molecule has 0 radical (unpaired) electrons. The Balaban J connectivity index is 1.96. The van der Waals surface area contributed by atoms with Crippen molar-refractivity contribution in [2.24, 2.45) is 11.7 Å². The second kappa shape index (κ2) is 5.67. The van der Waals surface area contributed by atoms with E-state index in [1.54, 1.807) is 0 Å². The smallest absolute Gasteiger partial charge is 0.225 e. The first-order valence-electron chi connectivity index (χ1n) is 6.83. The first-order chi connectivity index (χ1) is 7.83. The van der Waals surface area contributed by atoms with Crippen molar-refractivity contribution in [2.75, 3.05) is 13.1 Å². The van der Waals surface area contributed by atoms with E-state index in [2.05, 4.69) is 4.90 Å². The van der Waals surface area contributed by atoms with Gasteiger partial charge in [0.1, 0.15) is 0 Å². The van der Waals surface area contributed by atoms with Crippen LogP contribution >= 0.6 is 0 Å². The van der Waals surface area contributed by atoms with Crippen LogP contribution < -0.4 is 5.73 Å². The fraction of sp³-hybridized carbons (Fsp3) is 0.923. The molecule has 0 saturated heterocycles. The van der Waals surface area contributed by atoms with E-state index in [9.17, 15) is 4.79 Å². The summed E-state index contributed by atoms with van der Waals surface area (Å²) in [4.78, 5) is 14.5. The Labute approximate surface area is 98.4 Å². The molecule has 3 nitrogen and oxygen atoms in total. The summed E-state index contributed by atoms with van der Waals surface area (Å²) < 4.78 is 0. The van der Waals surface area contributed by atoms with Gasteiger partial charge in [-0.1, -0.05) is 25.7 Å². The summed E-state index contributed by atoms with van der Waals surface area (Å²) in [5, 5.41) is 0. The van der Waals surface area contributed by atoms with Crippen molar-refractivity contribution < 1.29 is 4.79 Å². The lowest BCUT2D eigenvalue weighted by Gasteiger charge is -2.31. The molecule has 2 fully saturated rings. The fourth-order valence-corrected chi connectivity index (χ4v) is 3.24. The van der Waals surface area contributed by atoms with Crippen molar-refractivity contribution in [1.29, 1.82) is 0 Å². The van der Waals surface area contributed by atoms with Gasteiger partial charge in [-0.05, 0) is 25.7 Å². The number of carbonyl (C=O) groups excluding carboxylic acids is 1. The van der Waals surface area contributed by atoms with Crippen molar-refractivity contribution in [3.8, 4) is 0 Å². The van der Waals surface area contributed by atoms with E-state index in [1.807, 2.05) is 0 Å². The van der Waals surface area contributed by atoms with Gasteiger partial charge in [0.15, 0.2) is 0 Å². The average Bonchev–Trinajstić information content (AvgIpc) is 2.96. The molecule has 1 amide bonds. The van der Waals surface area contributed by atoms with Gasteiger partial charge in [0.05, 0.1) is 0 Å². The summed E-state index contributed by atoms with van der Waals surface area (Å²) in [6.45, 7) is 1.37. The molecule has 2 N–H and O–H groups in total. The minimum atomic E-state index is 0.312. The van der Waals surface area contributed by atoms with Crippen LogP contribution in [-0.2, 0) is 4.79 Å². The predicted molar refractivity (Wildman–Crippen MR) is 65.0 cm³/mol. The topological polar surface area (TPSA) is 46.3 Å². The van der Waals surface area contributed by atoms with Gasteiger partial charge < -0.3 is 10.6 Å². The monoisotopic (exact) mass is 224 g/mol. The molecule has 0 atom stereocenters. The zero-order valence-corrected chi connectivity index (χ0v) is 10.2. The molecule has 0 aliphatic heterocycles. The molecule has 2 rings (SSSR count). The molecular weight excluding hydrogens is 200 g/mol. The first kappa shape index (κ1) is 11.9. The Bertz CT molecular complexity index is 230. The molecule has 3 heteroatoms. The molecule has 2 aliphatic rings. The molecule has 0 spiro atoms. The first-order valence-corrected chi connectivity index (χ1v) is 6.83. The van der Waals surface area contributed by atoms with Crippen LogP contribution in [0.2, 0.25) is 0 Å². The Morgan fingerprint density at radius 2 is 1.62 bits per heavy atom. The lowest BCUT2D eigenvalue weighted by Crippen LogP contribution is -2.44. The average molecular weight is 224 g/mol. The van der Waals surface area contributed by atoms with Crippen molar-refractivity contribution in [3.63, 3.8) is 0 Å². The molecule has 16 heavy (non-hydrogen) atoms. The number of amides is 1. The van der Waals surface area contributed by atoms with Crippen LogP contribution in [0.15, 0.2) is 0 Å². The summed E-state index contributed by atoms with van der Waals surface area (Å²) in [6.07, 6.45) is 9.62. The van der Waals surface area contributed by atoms with Crippen LogP contribution in [0.3, 0.4) is 0 Å². The number of nitrogens with two attached hydrogens (primary N) is 1. The third-order valence-corrected chi connectivity index (χ3v) is 4.12. The minimum Gasteiger partial charge on any atom is -0.338 e. The normalized spacial score (nSPS) is 22.8. The molecule has 2 saturated carbocycles. The molecule has 0 aromatic heterocycles. The Morgan fingerprint density at radius 3 is 2.19 bits per heavy atom. The third kappa shape index (κ3) is 2.57. The molecule has 0 heterocycles. The summed E-state index contributed by atoms with van der Waals surface area (Å²) in [6, 6.07) is 0.497. The molecule has 0 aromatic rings. The molecule has 2 aliphatic carbocycles. The van der Waals surface area contributed by atoms with E-state index in [0.29, 0.717) is 24.4 Å². The van der Waals surface area contributed by atoms with Crippen molar-refractivity contribution >= 4 is 5.91 Å². The van der Waals surface area contributed by atoms with E-state index in [0.717, 1.165) is 19.4 Å². The predicted octanol–water partition coefficient (Wildman–Crippen LogP) is 1.91. The third-order valence-electron chi connectivity index (χ3n) is 4.12. The highest BCUT2D eigenvalue weighted by Crippen LogP contribution is 2.30. The highest BCUT2D eigenvalue weighted by molar-refractivity contribution is 5.79. The van der Waals surface area contributed by atoms with Gasteiger partial charge in [-0.25, -0.2) is 0 Å². The van der Waals surface area contributed by atoms with Gasteiger partial charge in [0.25, 0.3) is 0 Å². The molecule has 0 aromatic carbocycles. The standard InChI is InChI=1S/C13H24N2O/c14-9-10-15(12-7-3-4-8-12)13(16)11-5-1-2-6-11/h11-12H,1-10,14H2. The van der Waals surface area contributed by atoms with Crippen molar-refractivity contribution in [2.45, 2.75) is 57.4 Å². The fourth-order valence-electron chi connectivity index (χ4n) is 3.24. The van der Waals surface area contributed by atoms with E-state index >= 15 is 0 Å². The van der Waals surface area contributed by atoms with Crippen LogP contribution in [0.4, 0.5) is 0 Å². The summed E-state index contributed by atoms with van der Waals surface area (Å²) in [5.41, 5.74) is 5.64. The maximum absolute atomic E-state index is 12.4. The van der Waals surface area contributed by atoms with E-state index < -0.39 is 0 Å². The van der Waals surface area contributed by atoms with Gasteiger partial charge in [0, 0.05) is 25.0 Å². The van der Waals surface area contributed by atoms with Gasteiger partial charge in [-0.2, -0.15) is 0 Å². The highest BCUT2D eigenvalue weighted by atomic mass is 16.2. The summed E-state index contributed by atoms with van der Waals surface area (Å²) in [5.74, 6) is 0.710. The second-order valence-electron chi connectivity index (χ2n) is 5.24. The van der Waals surface area contributed by atoms with Crippen molar-refractivity contribution in [3.05, 3.63) is 0 Å². The highest BCUT2D eigenvalue weighted by Gasteiger charge is 2.32. The molecule has 0 unspecified atom stereocenters. The maximum atomic E-state index is 12.4. The Kier molecular flexibility index (Phi) is 4.22. The molecular formula is C13H24N2O. The van der Waals surface area contributed by atoms with Gasteiger partial charge in [-0.3, -0.25) is 4.79 Å². The van der Waals surface area contributed by atoms with Crippen LogP contribution in [0, 0.1) is 5.92 Å². The summed E-state index contributed by atoms with van der Waals surface area (Å²) in [7, 11) is 0. The lowest BCUT2D eigenvalue weighted by atomic mass is 10.0. The van der Waals surface area contributed by atoms with Crippen LogP contribution in [0.25, 0.3) is 0 Å². The van der Waals surface area contributed by atoms with Crippen molar-refractivity contribution in [1.82, 2.24) is 4.90 Å². The summed E-state index contributed by atoms with van der Waals surface area (Å²) >= 11 is 0. The van der Waals surface area contributed by atoms with E-state index in [-0.39, 0.29) is 0 Å². The number of carbonyl (C=O) groups is 1. The van der Waals surface area contributed by atoms with Gasteiger partial charge in [-0.15, -0.1) is 0 Å². The Hall–Kier alpha value is -0.570. The van der Waals surface area contributed by atoms with E-state index in [4.69, 9.17) is 5.73 Å². The SMILES string of the molecule is NCCN(C(=O)C1CCCC1)C1CCCC1. The Morgan fingerprint density at radius 1 is 1.06 bits per heavy atom. The number of hydrogen-bond acceptors (Lipinski definition) is 2. The number of nitrogens with zero attached hydrogens (tertiary/aromatic N) is 1. The zero-order chi connectivity index (χ0) is 11.4. The van der Waals surface area contributed by atoms with E-state index in [1.165, 1.54) is 38.5 Å². The number of hydrogen-bond donors (Lipinski definition) is 1. The largest absolute Gasteiger partial charge is 0.338 e. The van der Waals surface area contributed by atoms with Crippen LogP contribution in [0.1, 0.15) is 51.4 Å². The molecule has 0 bridgehead atoms. The second-order valence-corrected chi connectivity index (χ2v) is 5.24. The van der Waals surface area contributed by atoms with Crippen LogP contribution in [0.5, 0.6) is 0 Å². The van der Waals surface area contributed by atoms with Gasteiger partial charge >= 0.3 is 0 Å².